The summed E-state index contributed by atoms with van der Waals surface area (Å²) in [5.41, 5.74) is 3.36. The monoisotopic (exact) mass is 517 g/mol. The molecule has 0 aromatic carbocycles. The van der Waals surface area contributed by atoms with Crippen molar-refractivity contribution < 1.29 is 24.9 Å². The SMILES string of the molecule is CCCCC12OC(C)(CCCC(C)(O)CCC/C(C)=C/CCC(C)C(=O)[O-])CCC1=CC(O)C(C)=C2C. The maximum absolute atomic E-state index is 11.0. The number of aliphatic carboxylic acids is 1. The van der Waals surface area contributed by atoms with E-state index < -0.39 is 29.2 Å². The molecule has 0 amide bonds. The summed E-state index contributed by atoms with van der Waals surface area (Å²) in [6, 6.07) is 0. The molecule has 1 heterocycles. The van der Waals surface area contributed by atoms with E-state index in [2.05, 4.69) is 33.8 Å². The molecule has 1 saturated heterocycles. The highest BCUT2D eigenvalue weighted by Crippen LogP contribution is 2.51. The minimum Gasteiger partial charge on any atom is -0.550 e. The first-order valence-corrected chi connectivity index (χ1v) is 14.6. The summed E-state index contributed by atoms with van der Waals surface area (Å²) >= 11 is 0. The fraction of sp³-hybridized carbons (Fsp3) is 0.781. The van der Waals surface area contributed by atoms with Gasteiger partial charge in [0.15, 0.2) is 0 Å². The van der Waals surface area contributed by atoms with Crippen LogP contribution in [0, 0.1) is 5.92 Å². The molecule has 0 aromatic heterocycles. The van der Waals surface area contributed by atoms with Crippen LogP contribution in [0.25, 0.3) is 0 Å². The van der Waals surface area contributed by atoms with Crippen molar-refractivity contribution in [2.24, 2.45) is 5.92 Å². The maximum atomic E-state index is 11.0. The first kappa shape index (κ1) is 31.8. The molecular weight excluding hydrogens is 464 g/mol. The van der Waals surface area contributed by atoms with Crippen molar-refractivity contribution >= 4 is 5.97 Å². The lowest BCUT2D eigenvalue weighted by Crippen LogP contribution is -2.51. The van der Waals surface area contributed by atoms with Gasteiger partial charge in [0.1, 0.15) is 5.60 Å². The third kappa shape index (κ3) is 8.80. The fourth-order valence-electron chi connectivity index (χ4n) is 6.05. The topological polar surface area (TPSA) is 89.8 Å². The molecular formula is C32H53O5-. The second-order valence-corrected chi connectivity index (χ2v) is 12.5. The summed E-state index contributed by atoms with van der Waals surface area (Å²) in [6.07, 6.45) is 15.2. The molecule has 0 aromatic rings. The lowest BCUT2D eigenvalue weighted by atomic mass is 9.69. The Morgan fingerprint density at radius 3 is 2.59 bits per heavy atom. The zero-order valence-corrected chi connectivity index (χ0v) is 24.6. The molecule has 1 fully saturated rings. The molecule has 5 unspecified atom stereocenters. The van der Waals surface area contributed by atoms with E-state index in [4.69, 9.17) is 4.74 Å². The average molecular weight is 518 g/mol. The second kappa shape index (κ2) is 13.6. The molecule has 5 heteroatoms. The fourth-order valence-corrected chi connectivity index (χ4v) is 6.05. The van der Waals surface area contributed by atoms with E-state index in [-0.39, 0.29) is 5.60 Å². The number of hydrogen-bond acceptors (Lipinski definition) is 5. The van der Waals surface area contributed by atoms with Gasteiger partial charge >= 0.3 is 0 Å². The highest BCUT2D eigenvalue weighted by Gasteiger charge is 2.49. The smallest absolute Gasteiger partial charge is 0.111 e. The molecule has 37 heavy (non-hydrogen) atoms. The van der Waals surface area contributed by atoms with Gasteiger partial charge in [-0.05, 0) is 134 Å². The van der Waals surface area contributed by atoms with Crippen molar-refractivity contribution in [2.45, 2.75) is 155 Å². The van der Waals surface area contributed by atoms with Crippen LogP contribution < -0.4 is 5.11 Å². The highest BCUT2D eigenvalue weighted by molar-refractivity contribution is 5.66. The zero-order chi connectivity index (χ0) is 27.9. The van der Waals surface area contributed by atoms with E-state index in [0.717, 1.165) is 82.6 Å². The van der Waals surface area contributed by atoms with Crippen molar-refractivity contribution in [3.8, 4) is 0 Å². The number of allylic oxidation sites excluding steroid dienone is 2. The van der Waals surface area contributed by atoms with Crippen LogP contribution in [0.1, 0.15) is 132 Å². The van der Waals surface area contributed by atoms with Crippen molar-refractivity contribution in [2.75, 3.05) is 0 Å². The van der Waals surface area contributed by atoms with Crippen LogP contribution in [-0.4, -0.2) is 39.1 Å². The van der Waals surface area contributed by atoms with Gasteiger partial charge in [0.25, 0.3) is 0 Å². The van der Waals surface area contributed by atoms with E-state index in [1.54, 1.807) is 6.92 Å². The highest BCUT2D eigenvalue weighted by atomic mass is 16.5. The third-order valence-corrected chi connectivity index (χ3v) is 8.95. The Labute approximate surface area is 226 Å². The summed E-state index contributed by atoms with van der Waals surface area (Å²) in [5, 5.41) is 32.4. The Morgan fingerprint density at radius 1 is 1.27 bits per heavy atom. The molecule has 0 bridgehead atoms. The number of fused-ring (bicyclic) bond motifs is 1. The van der Waals surface area contributed by atoms with Crippen LogP contribution in [0.3, 0.4) is 0 Å². The number of carbonyl (C=O) groups excluding carboxylic acids is 1. The quantitative estimate of drug-likeness (QED) is 0.248. The lowest BCUT2D eigenvalue weighted by molar-refractivity contribution is -0.311. The van der Waals surface area contributed by atoms with E-state index in [0.29, 0.717) is 6.42 Å². The van der Waals surface area contributed by atoms with Crippen molar-refractivity contribution in [3.63, 3.8) is 0 Å². The Balaban J connectivity index is 1.88. The van der Waals surface area contributed by atoms with Gasteiger partial charge in [-0.3, -0.25) is 0 Å². The van der Waals surface area contributed by atoms with Gasteiger partial charge in [0.05, 0.1) is 17.3 Å². The summed E-state index contributed by atoms with van der Waals surface area (Å²) < 4.78 is 7.03. The number of aliphatic hydroxyl groups excluding tert-OH is 1. The van der Waals surface area contributed by atoms with Gasteiger partial charge in [0.2, 0.25) is 0 Å². The molecule has 0 spiro atoms. The molecule has 0 radical (unpaired) electrons. The van der Waals surface area contributed by atoms with Crippen LogP contribution in [0.2, 0.25) is 0 Å². The van der Waals surface area contributed by atoms with Gasteiger partial charge in [-0.2, -0.15) is 0 Å². The molecule has 2 rings (SSSR count). The maximum Gasteiger partial charge on any atom is 0.111 e. The minimum absolute atomic E-state index is 0.243. The number of carboxylic acids is 1. The Bertz CT molecular complexity index is 866. The van der Waals surface area contributed by atoms with Crippen molar-refractivity contribution in [1.29, 1.82) is 0 Å². The Kier molecular flexibility index (Phi) is 11.7. The average Bonchev–Trinajstić information content (AvgIpc) is 2.82. The normalized spacial score (nSPS) is 28.9. The van der Waals surface area contributed by atoms with Gasteiger partial charge < -0.3 is 24.9 Å². The number of aliphatic hydroxyl groups is 2. The summed E-state index contributed by atoms with van der Waals surface area (Å²) in [6.45, 7) is 14.3. The van der Waals surface area contributed by atoms with E-state index in [9.17, 15) is 20.1 Å². The van der Waals surface area contributed by atoms with Gasteiger partial charge in [-0.15, -0.1) is 0 Å². The zero-order valence-electron chi connectivity index (χ0n) is 24.6. The Hall–Kier alpha value is -1.43. The van der Waals surface area contributed by atoms with E-state index >= 15 is 0 Å². The summed E-state index contributed by atoms with van der Waals surface area (Å²) in [4.78, 5) is 10.8. The van der Waals surface area contributed by atoms with Crippen LogP contribution >= 0.6 is 0 Å². The standard InChI is InChI=1S/C32H54O5/c1-8-9-20-32-26(5)25(4)28(33)22-27(32)16-21-31(7,37-32)19-12-18-30(6,36)17-11-14-23(2)13-10-15-24(3)29(34)35/h13,22,24,28,33,36H,8-12,14-21H2,1-7H3,(H,34,35)/p-1/b23-13+. The van der Waals surface area contributed by atoms with Gasteiger partial charge in [-0.25, -0.2) is 0 Å². The molecule has 1 aliphatic heterocycles. The number of hydrogen-bond donors (Lipinski definition) is 2. The first-order valence-electron chi connectivity index (χ1n) is 14.6. The predicted octanol–water partition coefficient (Wildman–Crippen LogP) is 6.33. The molecule has 2 aliphatic rings. The number of carboxylic acid groups (broad SMARTS) is 1. The number of rotatable bonds is 15. The van der Waals surface area contributed by atoms with Crippen LogP contribution in [0.5, 0.6) is 0 Å². The van der Waals surface area contributed by atoms with Crippen LogP contribution in [0.15, 0.2) is 34.4 Å². The van der Waals surface area contributed by atoms with Gasteiger partial charge in [0, 0.05) is 5.97 Å². The molecule has 2 N–H and O–H groups in total. The summed E-state index contributed by atoms with van der Waals surface area (Å²) in [5.74, 6) is -1.40. The molecule has 1 aliphatic carbocycles. The third-order valence-electron chi connectivity index (χ3n) is 8.95. The Morgan fingerprint density at radius 2 is 1.95 bits per heavy atom. The van der Waals surface area contributed by atoms with Crippen molar-refractivity contribution in [1.82, 2.24) is 0 Å². The first-order chi connectivity index (χ1) is 17.3. The number of ether oxygens (including phenoxy) is 1. The van der Waals surface area contributed by atoms with Crippen molar-refractivity contribution in [3.05, 3.63) is 34.4 Å². The van der Waals surface area contributed by atoms with E-state index in [1.165, 1.54) is 16.7 Å². The largest absolute Gasteiger partial charge is 0.550 e. The second-order valence-electron chi connectivity index (χ2n) is 12.5. The summed E-state index contributed by atoms with van der Waals surface area (Å²) in [7, 11) is 0. The molecule has 0 saturated carbocycles. The van der Waals surface area contributed by atoms with Gasteiger partial charge in [-0.1, -0.05) is 38.3 Å². The van der Waals surface area contributed by atoms with E-state index in [1.807, 2.05) is 19.9 Å². The molecule has 212 valence electrons. The predicted molar refractivity (Wildman–Crippen MR) is 149 cm³/mol. The minimum atomic E-state index is -0.984. The molecule has 5 nitrogen and oxygen atoms in total. The molecule has 5 atom stereocenters. The number of unbranched alkanes of at least 4 members (excludes halogenated alkanes) is 1. The number of carbonyl (C=O) groups is 1. The van der Waals surface area contributed by atoms with Crippen LogP contribution in [-0.2, 0) is 9.53 Å². The lowest BCUT2D eigenvalue weighted by Gasteiger charge is -2.52. The van der Waals surface area contributed by atoms with Crippen LogP contribution in [0.4, 0.5) is 0 Å².